The number of hydrogen-bond acceptors (Lipinski definition) is 6. The van der Waals surface area contributed by atoms with Crippen LogP contribution in [-0.4, -0.2) is 75.8 Å². The van der Waals surface area contributed by atoms with Crippen LogP contribution in [0.3, 0.4) is 0 Å². The Hall–Kier alpha value is -2.55. The van der Waals surface area contributed by atoms with Crippen LogP contribution in [0.4, 0.5) is 23.7 Å². The molecule has 1 aromatic carbocycles. The molecule has 0 N–H and O–H groups in total. The number of alkyl halides is 3. The van der Waals surface area contributed by atoms with Crippen molar-refractivity contribution in [2.24, 2.45) is 13.0 Å². The van der Waals surface area contributed by atoms with E-state index in [2.05, 4.69) is 15.1 Å². The van der Waals surface area contributed by atoms with Crippen molar-refractivity contribution in [3.05, 3.63) is 73.1 Å². The van der Waals surface area contributed by atoms with Crippen LogP contribution >= 0.6 is 19.8 Å². The minimum absolute atomic E-state index is 0.0108. The van der Waals surface area contributed by atoms with Gasteiger partial charge in [-0.1, -0.05) is 0 Å². The number of hydrogen-bond donors (Lipinski definition) is 0. The Morgan fingerprint density at radius 1 is 1.16 bits per heavy atom. The van der Waals surface area contributed by atoms with Crippen LogP contribution in [0, 0.1) is 5.92 Å². The maximum absolute atomic E-state index is 14.4. The molecule has 0 radical (unpaired) electrons. The molecule has 4 heterocycles. The number of carbonyl (C=O) groups excluding carboxylic acids is 1. The Labute approximate surface area is 257 Å². The van der Waals surface area contributed by atoms with Crippen LogP contribution in [0.5, 0.6) is 0 Å². The molecule has 2 aromatic rings. The number of rotatable bonds is 10. The molecule has 232 valence electrons. The van der Waals surface area contributed by atoms with Crippen molar-refractivity contribution in [2.45, 2.75) is 50.3 Å². The molecule has 1 aliphatic carbocycles. The van der Waals surface area contributed by atoms with E-state index in [1.54, 1.807) is 19.5 Å². The summed E-state index contributed by atoms with van der Waals surface area (Å²) < 4.78 is 57.9. The molecular weight excluding hydrogens is 674 g/mol. The van der Waals surface area contributed by atoms with E-state index >= 15 is 0 Å². The van der Waals surface area contributed by atoms with Gasteiger partial charge in [0.25, 0.3) is 0 Å². The third-order valence-corrected chi connectivity index (χ3v) is 13.7. The Morgan fingerprint density at radius 3 is 2.70 bits per heavy atom. The summed E-state index contributed by atoms with van der Waals surface area (Å²) in [7, 11) is 3.54. The molecular formula is C31H37F3IN5O3. The summed E-state index contributed by atoms with van der Waals surface area (Å²) in [4.78, 5) is 17.4. The fourth-order valence-corrected chi connectivity index (χ4v) is 11.2. The van der Waals surface area contributed by atoms with Gasteiger partial charge in [-0.25, -0.2) is 0 Å². The van der Waals surface area contributed by atoms with Crippen LogP contribution in [0.2, 0.25) is 0 Å². The van der Waals surface area contributed by atoms with Gasteiger partial charge in [0.2, 0.25) is 0 Å². The van der Waals surface area contributed by atoms with Gasteiger partial charge in [-0.2, -0.15) is 0 Å². The third-order valence-electron chi connectivity index (χ3n) is 8.63. The Morgan fingerprint density at radius 2 is 2.00 bits per heavy atom. The second-order valence-corrected chi connectivity index (χ2v) is 16.1. The first-order chi connectivity index (χ1) is 20.7. The summed E-state index contributed by atoms with van der Waals surface area (Å²) >= 11 is -2.98. The van der Waals surface area contributed by atoms with Crippen molar-refractivity contribution >= 4 is 29.4 Å². The average molecular weight is 712 g/mol. The van der Waals surface area contributed by atoms with Gasteiger partial charge in [-0.15, -0.1) is 0 Å². The molecule has 1 amide bonds. The van der Waals surface area contributed by atoms with Crippen LogP contribution < -0.4 is 4.90 Å². The number of ether oxygens (including phenoxy) is 2. The number of halogens is 4. The summed E-state index contributed by atoms with van der Waals surface area (Å²) in [6.07, 6.45) is 4.99. The number of aryl methyl sites for hydroxylation is 1. The molecule has 0 bridgehead atoms. The van der Waals surface area contributed by atoms with Crippen LogP contribution in [0.25, 0.3) is 0 Å². The van der Waals surface area contributed by atoms with Crippen LogP contribution in [0.15, 0.2) is 61.7 Å². The van der Waals surface area contributed by atoms with E-state index < -0.39 is 31.6 Å². The summed E-state index contributed by atoms with van der Waals surface area (Å²) in [5, 5.41) is 8.46. The van der Waals surface area contributed by atoms with Crippen molar-refractivity contribution in [1.82, 2.24) is 19.7 Å². The molecule has 1 saturated carbocycles. The normalized spacial score (nSPS) is 23.0. The number of anilines is 1. The topological polar surface area (TPSA) is 72.7 Å². The molecule has 0 spiro atoms. The summed E-state index contributed by atoms with van der Waals surface area (Å²) in [5.74, 6) is 1.28. The van der Waals surface area contributed by atoms with Gasteiger partial charge in [0, 0.05) is 0 Å². The Balaban J connectivity index is 1.25. The zero-order chi connectivity index (χ0) is 30.1. The Bertz CT molecular complexity index is 1430. The maximum atomic E-state index is 14.4. The number of likely N-dealkylation sites (tertiary alicyclic amines) is 1. The second-order valence-electron chi connectivity index (χ2n) is 11.6. The zero-order valence-electron chi connectivity index (χ0n) is 24.4. The first-order valence-electron chi connectivity index (χ1n) is 14.7. The van der Waals surface area contributed by atoms with E-state index in [1.807, 2.05) is 33.9 Å². The third kappa shape index (κ3) is 6.47. The molecule has 8 nitrogen and oxygen atoms in total. The number of fused-ring (bicyclic) bond motifs is 1. The number of carbonyl (C=O) groups is 1. The standard InChI is InChI=1S/C31H37F3IN5O3/c1-38-20-36-37-29(38)28(22-6-3-7-22)23-8-4-9-24(15-23)40-19-27-26(31(32,33)34)14-21(16-35(27)30(40)41)17-39-11-5-10-25(18-39)43-13-12-42-2/h4,8-9,14-16,19-20,22,25,28H,3,5-7,10-13,17-18H2,1-2H3/t25-,28+/m0/s1. The molecule has 12 heteroatoms. The van der Waals surface area contributed by atoms with Gasteiger partial charge in [0.15, 0.2) is 0 Å². The van der Waals surface area contributed by atoms with E-state index in [0.29, 0.717) is 43.5 Å². The predicted octanol–water partition coefficient (Wildman–Crippen LogP) is 6.55. The number of methoxy groups -OCH3 is 1. The van der Waals surface area contributed by atoms with E-state index in [-0.39, 0.29) is 19.5 Å². The number of amides is 1. The summed E-state index contributed by atoms with van der Waals surface area (Å²) in [6, 6.07) is 7.65. The van der Waals surface area contributed by atoms with Crippen molar-refractivity contribution in [1.29, 1.82) is 0 Å². The van der Waals surface area contributed by atoms with Crippen molar-refractivity contribution in [3.63, 3.8) is 0 Å². The number of aromatic nitrogens is 3. The van der Waals surface area contributed by atoms with Crippen LogP contribution in [0.1, 0.15) is 49.4 Å². The van der Waals surface area contributed by atoms with Gasteiger partial charge >= 0.3 is 258 Å². The number of benzene rings is 1. The minimum atomic E-state index is -4.55. The second kappa shape index (κ2) is 12.8. The quantitative estimate of drug-likeness (QED) is 0.121. The number of nitrogens with zero attached hydrogens (tertiary/aromatic N) is 5. The molecule has 4 aliphatic rings. The molecule has 2 fully saturated rings. The number of allylic oxidation sites excluding steroid dienone is 2. The van der Waals surface area contributed by atoms with Gasteiger partial charge in [0.05, 0.1) is 0 Å². The fraction of sp³-hybridized carbons (Fsp3) is 0.516. The van der Waals surface area contributed by atoms with Gasteiger partial charge in [0.1, 0.15) is 0 Å². The fourth-order valence-electron chi connectivity index (χ4n) is 6.28. The molecule has 1 saturated heterocycles. The number of piperidine rings is 1. The van der Waals surface area contributed by atoms with E-state index in [4.69, 9.17) is 9.47 Å². The molecule has 0 unspecified atom stereocenters. The SMILES string of the molecule is COCCO[C@H]1CCCN(CC2=CI3C(=O)N(c4cccc([C@H](c5nncn5C)C5CCC5)c4)C=C3C(C(F)(F)F)=C2)C1. The molecule has 3 aliphatic heterocycles. The predicted molar refractivity (Wildman–Crippen MR) is 166 cm³/mol. The zero-order valence-corrected chi connectivity index (χ0v) is 26.6. The van der Waals surface area contributed by atoms with Gasteiger partial charge in [-0.3, -0.25) is 0 Å². The van der Waals surface area contributed by atoms with Crippen molar-refractivity contribution in [2.75, 3.05) is 44.9 Å². The van der Waals surface area contributed by atoms with Crippen molar-refractivity contribution in [3.8, 4) is 0 Å². The first-order valence-corrected chi connectivity index (χ1v) is 18.1. The monoisotopic (exact) mass is 711 g/mol. The van der Waals surface area contributed by atoms with E-state index in [1.165, 1.54) is 17.2 Å². The van der Waals surface area contributed by atoms with E-state index in [0.717, 1.165) is 50.0 Å². The molecule has 6 rings (SSSR count). The van der Waals surface area contributed by atoms with Gasteiger partial charge < -0.3 is 0 Å². The van der Waals surface area contributed by atoms with Crippen molar-refractivity contribution < 1.29 is 27.4 Å². The molecule has 1 aromatic heterocycles. The molecule has 2 atom stereocenters. The molecule has 43 heavy (non-hydrogen) atoms. The summed E-state index contributed by atoms with van der Waals surface area (Å²) in [5.41, 5.74) is 1.48. The summed E-state index contributed by atoms with van der Waals surface area (Å²) in [6.45, 7) is 2.80. The van der Waals surface area contributed by atoms with Crippen LogP contribution in [-0.2, 0) is 16.5 Å². The van der Waals surface area contributed by atoms with Gasteiger partial charge in [-0.05, 0) is 0 Å². The average Bonchev–Trinajstić information content (AvgIpc) is 3.52. The Kier molecular flexibility index (Phi) is 9.09. The first kappa shape index (κ1) is 30.5. The van der Waals surface area contributed by atoms with E-state index in [9.17, 15) is 18.0 Å².